The number of fused-ring (bicyclic) bond motifs is 2. The van der Waals surface area contributed by atoms with E-state index in [1.165, 1.54) is 5.56 Å². The van der Waals surface area contributed by atoms with Gasteiger partial charge in [0, 0.05) is 36.4 Å². The Kier molecular flexibility index (Phi) is 3.94. The minimum absolute atomic E-state index is 0.000937. The first-order valence-corrected chi connectivity index (χ1v) is 9.27. The summed E-state index contributed by atoms with van der Waals surface area (Å²) in [7, 11) is 0. The largest absolute Gasteiger partial charge is 0.477 e. The fraction of sp³-hybridized carbons (Fsp3) is 0.136. The zero-order chi connectivity index (χ0) is 20.0. The molecule has 0 aliphatic carbocycles. The number of allylic oxidation sites excluding steroid dienone is 1. The third-order valence-corrected chi connectivity index (χ3v) is 5.27. The number of carbonyl (C=O) groups is 2. The normalized spacial score (nSPS) is 17.7. The lowest BCUT2D eigenvalue weighted by molar-refractivity contribution is -0.134. The van der Waals surface area contributed by atoms with Crippen LogP contribution in [0.2, 0.25) is 0 Å². The van der Waals surface area contributed by atoms with Gasteiger partial charge >= 0.3 is 5.97 Å². The van der Waals surface area contributed by atoms with E-state index < -0.39 is 11.8 Å². The van der Waals surface area contributed by atoms with Gasteiger partial charge in [0.15, 0.2) is 11.3 Å². The van der Waals surface area contributed by atoms with Gasteiger partial charge in [-0.05, 0) is 35.8 Å². The van der Waals surface area contributed by atoms with E-state index in [1.807, 2.05) is 29.2 Å². The molecular weight excluding hydrogens is 370 g/mol. The number of Topliss-reactive ketones (excluding diaryl/α,β-unsaturated/α-hetero) is 1. The maximum absolute atomic E-state index is 12.8. The number of hydrogen-bond donors (Lipinski definition) is 2. The maximum atomic E-state index is 12.8. The molecule has 7 heteroatoms. The van der Waals surface area contributed by atoms with Gasteiger partial charge in [-0.25, -0.2) is 9.78 Å². The Bertz CT molecular complexity index is 1220. The highest BCUT2D eigenvalue weighted by atomic mass is 16.5. The van der Waals surface area contributed by atoms with E-state index in [0.29, 0.717) is 24.3 Å². The number of aliphatic carboxylic acids is 1. The SMILES string of the molecule is O=C(O)C1=C(N2CCc3ccccc3C2)OC(=Cc2c[nH]c3ncccc23)C1=O. The molecule has 2 aliphatic heterocycles. The number of nitrogens with one attached hydrogen (secondary N) is 1. The number of ketones is 1. The highest BCUT2D eigenvalue weighted by Gasteiger charge is 2.39. The number of hydrogen-bond acceptors (Lipinski definition) is 5. The van der Waals surface area contributed by atoms with E-state index in [0.717, 1.165) is 17.4 Å². The lowest BCUT2D eigenvalue weighted by Crippen LogP contribution is -2.31. The van der Waals surface area contributed by atoms with Gasteiger partial charge in [-0.2, -0.15) is 0 Å². The van der Waals surface area contributed by atoms with Crippen molar-refractivity contribution in [1.29, 1.82) is 0 Å². The number of ether oxygens (including phenoxy) is 1. The molecule has 7 nitrogen and oxygen atoms in total. The molecule has 4 heterocycles. The molecule has 0 atom stereocenters. The Hall–Kier alpha value is -3.87. The molecule has 2 aliphatic rings. The van der Waals surface area contributed by atoms with Crippen molar-refractivity contribution in [2.24, 2.45) is 0 Å². The van der Waals surface area contributed by atoms with Crippen LogP contribution in [0.1, 0.15) is 16.7 Å². The van der Waals surface area contributed by atoms with Crippen LogP contribution in [0.25, 0.3) is 17.1 Å². The van der Waals surface area contributed by atoms with Gasteiger partial charge in [0.1, 0.15) is 5.65 Å². The molecule has 3 aromatic rings. The number of carboxylic acid groups (broad SMARTS) is 1. The van der Waals surface area contributed by atoms with Crippen LogP contribution in [0, 0.1) is 0 Å². The summed E-state index contributed by atoms with van der Waals surface area (Å²) >= 11 is 0. The average Bonchev–Trinajstić information content (AvgIpc) is 3.29. The first-order chi connectivity index (χ1) is 14.1. The molecule has 0 saturated heterocycles. The van der Waals surface area contributed by atoms with Crippen molar-refractivity contribution < 1.29 is 19.4 Å². The van der Waals surface area contributed by atoms with Gasteiger partial charge in [-0.1, -0.05) is 24.3 Å². The van der Waals surface area contributed by atoms with Crippen LogP contribution in [-0.2, 0) is 27.3 Å². The van der Waals surface area contributed by atoms with Crippen molar-refractivity contribution in [3.05, 3.63) is 82.7 Å². The highest BCUT2D eigenvalue weighted by molar-refractivity contribution is 6.26. The monoisotopic (exact) mass is 387 g/mol. The van der Waals surface area contributed by atoms with Crippen molar-refractivity contribution in [2.45, 2.75) is 13.0 Å². The topological polar surface area (TPSA) is 95.5 Å². The van der Waals surface area contributed by atoms with E-state index in [1.54, 1.807) is 24.5 Å². The third-order valence-electron chi connectivity index (χ3n) is 5.27. The number of pyridine rings is 1. The minimum Gasteiger partial charge on any atom is -0.477 e. The second kappa shape index (κ2) is 6.63. The number of rotatable bonds is 3. The predicted molar refractivity (Wildman–Crippen MR) is 105 cm³/mol. The third kappa shape index (κ3) is 2.87. The van der Waals surface area contributed by atoms with E-state index in [9.17, 15) is 14.7 Å². The molecule has 2 aromatic heterocycles. The molecular formula is C22H17N3O4. The number of aromatic amines is 1. The molecule has 0 saturated carbocycles. The zero-order valence-corrected chi connectivity index (χ0v) is 15.4. The van der Waals surface area contributed by atoms with Gasteiger partial charge in [-0.15, -0.1) is 0 Å². The van der Waals surface area contributed by atoms with Crippen molar-refractivity contribution >= 4 is 28.9 Å². The summed E-state index contributed by atoms with van der Waals surface area (Å²) in [6, 6.07) is 11.7. The summed E-state index contributed by atoms with van der Waals surface area (Å²) in [5.74, 6) is -1.79. The minimum atomic E-state index is -1.28. The Morgan fingerprint density at radius 3 is 2.86 bits per heavy atom. The summed E-state index contributed by atoms with van der Waals surface area (Å²) in [5, 5.41) is 10.5. The molecule has 1 aromatic carbocycles. The Balaban J connectivity index is 1.51. The lowest BCUT2D eigenvalue weighted by atomic mass is 10.00. The number of nitrogens with zero attached hydrogens (tertiary/aromatic N) is 2. The fourth-order valence-corrected chi connectivity index (χ4v) is 3.83. The van der Waals surface area contributed by atoms with Crippen LogP contribution in [0.4, 0.5) is 0 Å². The summed E-state index contributed by atoms with van der Waals surface area (Å²) in [5.41, 5.74) is 3.41. The fourth-order valence-electron chi connectivity index (χ4n) is 3.83. The molecule has 0 bridgehead atoms. The molecule has 5 rings (SSSR count). The van der Waals surface area contributed by atoms with Gasteiger partial charge in [0.2, 0.25) is 11.7 Å². The van der Waals surface area contributed by atoms with Crippen LogP contribution in [0.5, 0.6) is 0 Å². The van der Waals surface area contributed by atoms with Gasteiger partial charge in [0.05, 0.1) is 0 Å². The maximum Gasteiger partial charge on any atom is 0.345 e. The summed E-state index contributed by atoms with van der Waals surface area (Å²) in [6.45, 7) is 1.08. The van der Waals surface area contributed by atoms with Crippen molar-refractivity contribution in [3.8, 4) is 0 Å². The van der Waals surface area contributed by atoms with Crippen LogP contribution in [0.3, 0.4) is 0 Å². The molecule has 29 heavy (non-hydrogen) atoms. The molecule has 0 spiro atoms. The summed E-state index contributed by atoms with van der Waals surface area (Å²) in [4.78, 5) is 33.7. The van der Waals surface area contributed by atoms with E-state index >= 15 is 0 Å². The number of benzene rings is 1. The quantitative estimate of drug-likeness (QED) is 0.530. The standard InChI is InChI=1S/C22H17N3O4/c26-19-17(10-15-11-24-20-16(15)6-3-8-23-20)29-21(18(19)22(27)28)25-9-7-13-4-1-2-5-14(13)12-25/h1-6,8,10-11H,7,9,12H2,(H,23,24)(H,27,28). The number of H-pyrrole nitrogens is 1. The highest BCUT2D eigenvalue weighted by Crippen LogP contribution is 2.33. The van der Waals surface area contributed by atoms with E-state index in [-0.39, 0.29) is 17.2 Å². The molecule has 0 fully saturated rings. The number of carboxylic acids is 1. The van der Waals surface area contributed by atoms with Gasteiger partial charge < -0.3 is 19.7 Å². The van der Waals surface area contributed by atoms with E-state index in [2.05, 4.69) is 16.0 Å². The molecule has 0 amide bonds. The smallest absolute Gasteiger partial charge is 0.345 e. The van der Waals surface area contributed by atoms with Crippen LogP contribution in [-0.4, -0.2) is 38.3 Å². The Labute approximate surface area is 165 Å². The molecule has 2 N–H and O–H groups in total. The van der Waals surface area contributed by atoms with E-state index in [4.69, 9.17) is 4.74 Å². The molecule has 144 valence electrons. The number of aromatic nitrogens is 2. The van der Waals surface area contributed by atoms with Gasteiger partial charge in [-0.3, -0.25) is 4.79 Å². The van der Waals surface area contributed by atoms with Crippen molar-refractivity contribution in [3.63, 3.8) is 0 Å². The second-order valence-corrected chi connectivity index (χ2v) is 7.01. The van der Waals surface area contributed by atoms with Crippen molar-refractivity contribution in [1.82, 2.24) is 14.9 Å². The summed E-state index contributed by atoms with van der Waals surface area (Å²) in [6.07, 6.45) is 5.72. The number of carbonyl (C=O) groups excluding carboxylic acids is 1. The second-order valence-electron chi connectivity index (χ2n) is 7.01. The van der Waals surface area contributed by atoms with Crippen LogP contribution < -0.4 is 0 Å². The first-order valence-electron chi connectivity index (χ1n) is 9.27. The van der Waals surface area contributed by atoms with Crippen molar-refractivity contribution in [2.75, 3.05) is 6.54 Å². The predicted octanol–water partition coefficient (Wildman–Crippen LogP) is 2.86. The van der Waals surface area contributed by atoms with Crippen LogP contribution >= 0.6 is 0 Å². The van der Waals surface area contributed by atoms with Gasteiger partial charge in [0.25, 0.3) is 0 Å². The first kappa shape index (κ1) is 17.2. The Morgan fingerprint density at radius 1 is 1.21 bits per heavy atom. The molecule has 0 radical (unpaired) electrons. The van der Waals surface area contributed by atoms with Crippen LogP contribution in [0.15, 0.2) is 66.0 Å². The molecule has 0 unspecified atom stereocenters. The Morgan fingerprint density at radius 2 is 2.03 bits per heavy atom. The average molecular weight is 387 g/mol. The zero-order valence-electron chi connectivity index (χ0n) is 15.4. The summed E-state index contributed by atoms with van der Waals surface area (Å²) < 4.78 is 5.83. The lowest BCUT2D eigenvalue weighted by Gasteiger charge is -2.30.